The van der Waals surface area contributed by atoms with Crippen LogP contribution in [-0.4, -0.2) is 39.1 Å². The van der Waals surface area contributed by atoms with Crippen LogP contribution < -0.4 is 0 Å². The molecule has 2 atom stereocenters. The van der Waals surface area contributed by atoms with Gasteiger partial charge in [0.25, 0.3) is 0 Å². The molecule has 2 unspecified atom stereocenters. The molecular weight excluding hydrogens is 168 g/mol. The minimum absolute atomic E-state index is 0.553. The first kappa shape index (κ1) is 13.8. The summed E-state index contributed by atoms with van der Waals surface area (Å²) in [5.41, 5.74) is 0.358. The average Bonchev–Trinajstić information content (AvgIpc) is 2.05. The summed E-state index contributed by atoms with van der Waals surface area (Å²) in [4.78, 5) is 2.15. The Morgan fingerprint density at radius 1 is 1.21 bits per heavy atom. The molecule has 0 fully saturated rings. The Labute approximate surface area is 91.8 Å². The Morgan fingerprint density at radius 3 is 1.79 bits per heavy atom. The van der Waals surface area contributed by atoms with Crippen LogP contribution >= 0.6 is 0 Å². The van der Waals surface area contributed by atoms with Gasteiger partial charge in [-0.25, -0.2) is 0 Å². The van der Waals surface area contributed by atoms with Crippen molar-refractivity contribution in [3.63, 3.8) is 0 Å². The highest BCUT2D eigenvalue weighted by Crippen LogP contribution is 2.42. The second-order valence-electron chi connectivity index (χ2n) is 4.30. The van der Waals surface area contributed by atoms with E-state index < -0.39 is 10.8 Å². The third-order valence-electron chi connectivity index (χ3n) is 3.36. The van der Waals surface area contributed by atoms with E-state index in [4.69, 9.17) is 15.7 Å². The van der Waals surface area contributed by atoms with Crippen molar-refractivity contribution in [3.05, 3.63) is 12.2 Å². The summed E-state index contributed by atoms with van der Waals surface area (Å²) in [5, 5.41) is -0.570. The van der Waals surface area contributed by atoms with Crippen LogP contribution in [0, 0.1) is 0 Å². The maximum Gasteiger partial charge on any atom is 0.0955 e. The van der Waals surface area contributed by atoms with Crippen molar-refractivity contribution in [2.75, 3.05) is 13.1 Å². The van der Waals surface area contributed by atoms with Gasteiger partial charge in [-0.2, -0.15) is 0 Å². The van der Waals surface area contributed by atoms with Crippen molar-refractivity contribution in [2.24, 2.45) is 0 Å². The first-order valence-corrected chi connectivity index (χ1v) is 5.20. The van der Waals surface area contributed by atoms with Crippen LogP contribution in [0.4, 0.5) is 0 Å². The summed E-state index contributed by atoms with van der Waals surface area (Å²) in [6.45, 7) is 15.7. The smallest absolute Gasteiger partial charge is 0.0955 e. The first-order valence-electron chi connectivity index (χ1n) is 5.20. The highest BCUT2D eigenvalue weighted by atomic mass is 15.2. The third kappa shape index (κ3) is 2.25. The molecule has 14 heavy (non-hydrogen) atoms. The topological polar surface area (TPSA) is 3.24 Å². The second kappa shape index (κ2) is 4.57. The molecule has 0 N–H and O–H groups in total. The lowest BCUT2D eigenvalue weighted by Crippen LogP contribution is -2.55. The fourth-order valence-corrected chi connectivity index (χ4v) is 1.64. The van der Waals surface area contributed by atoms with Gasteiger partial charge in [-0.15, -0.1) is 6.58 Å². The summed E-state index contributed by atoms with van der Waals surface area (Å²) in [7, 11) is 12.5. The van der Waals surface area contributed by atoms with Crippen molar-refractivity contribution in [2.45, 2.75) is 45.4 Å². The average molecular weight is 189 g/mol. The predicted molar refractivity (Wildman–Crippen MR) is 66.0 cm³/mol. The van der Waals surface area contributed by atoms with Crippen LogP contribution in [-0.2, 0) is 0 Å². The van der Waals surface area contributed by atoms with E-state index >= 15 is 0 Å². The summed E-state index contributed by atoms with van der Waals surface area (Å²) < 4.78 is 0. The van der Waals surface area contributed by atoms with Crippen molar-refractivity contribution < 1.29 is 0 Å². The maximum absolute atomic E-state index is 6.30. The molecule has 0 aromatic heterocycles. The van der Waals surface area contributed by atoms with Gasteiger partial charge in [0.1, 0.15) is 0 Å². The van der Waals surface area contributed by atoms with Crippen LogP contribution in [0.2, 0.25) is 5.31 Å². The molecule has 0 aromatic rings. The second-order valence-corrected chi connectivity index (χ2v) is 4.30. The van der Waals surface area contributed by atoms with Crippen LogP contribution in [0.25, 0.3) is 0 Å². The molecule has 0 bridgehead atoms. The number of rotatable bonds is 5. The van der Waals surface area contributed by atoms with Gasteiger partial charge in [-0.1, -0.05) is 33.3 Å². The largest absolute Gasteiger partial charge is 0.307 e. The Morgan fingerprint density at radius 2 is 1.57 bits per heavy atom. The SMILES string of the molecule is [B]C(C)(C(=C)C)C([B])(C)N(CC)CC. The van der Waals surface area contributed by atoms with E-state index in [2.05, 4.69) is 25.3 Å². The minimum Gasteiger partial charge on any atom is -0.307 e. The molecule has 3 heteroatoms. The molecule has 0 heterocycles. The molecule has 0 aliphatic carbocycles. The summed E-state index contributed by atoms with van der Waals surface area (Å²) in [6, 6.07) is 0. The van der Waals surface area contributed by atoms with Crippen molar-refractivity contribution in [1.82, 2.24) is 4.90 Å². The maximum atomic E-state index is 6.30. The molecule has 0 saturated carbocycles. The Hall–Kier alpha value is -0.170. The van der Waals surface area contributed by atoms with Gasteiger partial charge in [-0.3, -0.25) is 0 Å². The van der Waals surface area contributed by atoms with E-state index in [1.165, 1.54) is 0 Å². The first-order chi connectivity index (χ1) is 6.21. The molecule has 4 radical (unpaired) electrons. The lowest BCUT2D eigenvalue weighted by atomic mass is 9.47. The lowest BCUT2D eigenvalue weighted by Gasteiger charge is -2.51. The van der Waals surface area contributed by atoms with E-state index in [9.17, 15) is 0 Å². The molecule has 0 spiro atoms. The van der Waals surface area contributed by atoms with Crippen molar-refractivity contribution in [3.8, 4) is 0 Å². The van der Waals surface area contributed by atoms with Gasteiger partial charge in [0.05, 0.1) is 15.7 Å². The van der Waals surface area contributed by atoms with E-state index in [0.717, 1.165) is 18.7 Å². The number of hydrogen-bond acceptors (Lipinski definition) is 1. The van der Waals surface area contributed by atoms with Gasteiger partial charge in [0, 0.05) is 0 Å². The Kier molecular flexibility index (Phi) is 4.51. The van der Waals surface area contributed by atoms with Crippen molar-refractivity contribution >= 4 is 15.7 Å². The number of hydrogen-bond donors (Lipinski definition) is 0. The summed E-state index contributed by atoms with van der Waals surface area (Å²) in [6.07, 6.45) is 0. The highest BCUT2D eigenvalue weighted by Gasteiger charge is 2.39. The molecule has 0 aromatic carbocycles. The van der Waals surface area contributed by atoms with Gasteiger partial charge < -0.3 is 4.90 Å². The van der Waals surface area contributed by atoms with E-state index in [-0.39, 0.29) is 0 Å². The molecule has 0 aliphatic heterocycles. The standard InChI is InChI=1S/C11H21B2N/c1-7-14(8-2)11(6,13)10(5,12)9(3)4/h3,7-8H2,1-2,4-6H3. The van der Waals surface area contributed by atoms with Crippen LogP contribution in [0.3, 0.4) is 0 Å². The van der Waals surface area contributed by atoms with Gasteiger partial charge in [0.2, 0.25) is 0 Å². The zero-order valence-corrected chi connectivity index (χ0v) is 10.2. The fraction of sp³-hybridized carbons (Fsp3) is 0.818. The van der Waals surface area contributed by atoms with Gasteiger partial charge in [-0.05, 0) is 30.8 Å². The quantitative estimate of drug-likeness (QED) is 0.472. The molecule has 76 valence electrons. The minimum atomic E-state index is -0.570. The molecular formula is C11H21B2N. The molecule has 0 amide bonds. The number of nitrogens with zero attached hydrogens (tertiary/aromatic N) is 1. The van der Waals surface area contributed by atoms with Crippen LogP contribution in [0.1, 0.15) is 34.6 Å². The normalized spacial score (nSPS) is 20.1. The zero-order chi connectivity index (χ0) is 11.6. The van der Waals surface area contributed by atoms with Crippen LogP contribution in [0.15, 0.2) is 12.2 Å². The zero-order valence-electron chi connectivity index (χ0n) is 10.2. The molecule has 0 aliphatic rings. The lowest BCUT2D eigenvalue weighted by molar-refractivity contribution is 0.162. The Balaban J connectivity index is 5.00. The third-order valence-corrected chi connectivity index (χ3v) is 3.36. The monoisotopic (exact) mass is 189 g/mol. The summed E-state index contributed by atoms with van der Waals surface area (Å²) >= 11 is 0. The highest BCUT2D eigenvalue weighted by molar-refractivity contribution is 6.27. The van der Waals surface area contributed by atoms with Crippen LogP contribution in [0.5, 0.6) is 0 Å². The van der Waals surface area contributed by atoms with E-state index in [1.807, 2.05) is 20.8 Å². The molecule has 1 nitrogen and oxygen atoms in total. The van der Waals surface area contributed by atoms with Crippen molar-refractivity contribution in [1.29, 1.82) is 0 Å². The summed E-state index contributed by atoms with van der Waals surface area (Å²) in [5.74, 6) is 0. The predicted octanol–water partition coefficient (Wildman–Crippen LogP) is 2.14. The molecule has 0 rings (SSSR count). The molecule has 0 saturated heterocycles. The fourth-order valence-electron chi connectivity index (χ4n) is 1.64. The van der Waals surface area contributed by atoms with Gasteiger partial charge >= 0.3 is 0 Å². The van der Waals surface area contributed by atoms with E-state index in [1.54, 1.807) is 0 Å². The van der Waals surface area contributed by atoms with E-state index in [0.29, 0.717) is 0 Å². The Bertz CT molecular complexity index is 205. The van der Waals surface area contributed by atoms with Gasteiger partial charge in [0.15, 0.2) is 0 Å².